The van der Waals surface area contributed by atoms with E-state index in [1.54, 1.807) is 23.1 Å². The van der Waals surface area contributed by atoms with Crippen molar-refractivity contribution in [3.8, 4) is 17.0 Å². The number of pyridine rings is 1. The molecule has 2 atom stereocenters. The van der Waals surface area contributed by atoms with E-state index in [1.807, 2.05) is 18.7 Å². The Morgan fingerprint density at radius 1 is 1.29 bits per heavy atom. The van der Waals surface area contributed by atoms with Gasteiger partial charge in [0.05, 0.1) is 18.3 Å². The Morgan fingerprint density at radius 3 is 2.74 bits per heavy atom. The predicted molar refractivity (Wildman–Crippen MR) is 136 cm³/mol. The number of alkyl halides is 3. The number of hydrogen-bond donors (Lipinski definition) is 1. The molecule has 38 heavy (non-hydrogen) atoms. The number of nitrogens with zero attached hydrogens (tertiary/aromatic N) is 4. The van der Waals surface area contributed by atoms with Crippen molar-refractivity contribution in [1.29, 1.82) is 0 Å². The van der Waals surface area contributed by atoms with Crippen LogP contribution in [0.15, 0.2) is 24.3 Å². The van der Waals surface area contributed by atoms with Crippen LogP contribution in [0.3, 0.4) is 0 Å². The van der Waals surface area contributed by atoms with Gasteiger partial charge in [0.2, 0.25) is 0 Å². The van der Waals surface area contributed by atoms with Crippen LogP contribution < -0.4 is 15.0 Å². The fourth-order valence-electron chi connectivity index (χ4n) is 5.67. The first-order valence-corrected chi connectivity index (χ1v) is 12.9. The Morgan fingerprint density at radius 2 is 2.03 bits per heavy atom. The fraction of sp³-hybridized carbons (Fsp3) is 0.538. The number of rotatable bonds is 4. The number of piperazine rings is 1. The van der Waals surface area contributed by atoms with Gasteiger partial charge in [-0.05, 0) is 39.4 Å². The molecule has 12 heteroatoms. The second kappa shape index (κ2) is 9.84. The molecule has 1 amide bonds. The normalized spacial score (nSPS) is 23.2. The van der Waals surface area contributed by atoms with Crippen molar-refractivity contribution >= 4 is 23.3 Å². The van der Waals surface area contributed by atoms with Gasteiger partial charge in [-0.1, -0.05) is 23.7 Å². The molecule has 1 unspecified atom stereocenters. The number of fused-ring (bicyclic) bond motifs is 2. The van der Waals surface area contributed by atoms with Crippen molar-refractivity contribution in [2.24, 2.45) is 0 Å². The molecule has 0 radical (unpaired) electrons. The van der Waals surface area contributed by atoms with Gasteiger partial charge in [0.15, 0.2) is 5.75 Å². The zero-order valence-electron chi connectivity index (χ0n) is 21.4. The summed E-state index contributed by atoms with van der Waals surface area (Å²) in [7, 11) is 1.44. The summed E-state index contributed by atoms with van der Waals surface area (Å²) in [5.74, 6) is -0.494. The molecule has 0 bridgehead atoms. The molecule has 5 rings (SSSR count). The van der Waals surface area contributed by atoms with Crippen molar-refractivity contribution in [3.63, 3.8) is 0 Å². The molecule has 7 nitrogen and oxygen atoms in total. The number of aromatic nitrogens is 1. The Kier molecular flexibility index (Phi) is 6.98. The Balaban J connectivity index is 1.66. The SMILES string of the molecule is CN(CC(F)(F)F)C1CN(c2nc(-c3ccccc3F)c(Cl)c3c2C(=O)N2CCNC[C@@H]2CO3)C(C)(C)C1. The average molecular weight is 556 g/mol. The van der Waals surface area contributed by atoms with E-state index in [4.69, 9.17) is 21.3 Å². The van der Waals surface area contributed by atoms with Crippen molar-refractivity contribution < 1.29 is 27.1 Å². The number of ether oxygens (including phenoxy) is 1. The van der Waals surface area contributed by atoms with E-state index in [0.717, 1.165) is 0 Å². The van der Waals surface area contributed by atoms with Crippen molar-refractivity contribution in [1.82, 2.24) is 20.1 Å². The molecule has 1 aromatic heterocycles. The summed E-state index contributed by atoms with van der Waals surface area (Å²) in [6.45, 7) is 4.73. The van der Waals surface area contributed by atoms with Crippen molar-refractivity contribution in [3.05, 3.63) is 40.7 Å². The summed E-state index contributed by atoms with van der Waals surface area (Å²) in [6.07, 6.45) is -3.94. The quantitative estimate of drug-likeness (QED) is 0.571. The van der Waals surface area contributed by atoms with Crippen LogP contribution in [0.1, 0.15) is 30.6 Å². The molecule has 2 aromatic rings. The van der Waals surface area contributed by atoms with Gasteiger partial charge in [-0.3, -0.25) is 9.69 Å². The third-order valence-electron chi connectivity index (χ3n) is 7.62. The summed E-state index contributed by atoms with van der Waals surface area (Å²) < 4.78 is 60.6. The fourth-order valence-corrected chi connectivity index (χ4v) is 5.97. The van der Waals surface area contributed by atoms with Gasteiger partial charge in [-0.15, -0.1) is 0 Å². The van der Waals surface area contributed by atoms with Crippen molar-refractivity contribution in [2.45, 2.75) is 44.1 Å². The van der Waals surface area contributed by atoms with Crippen LogP contribution in [-0.2, 0) is 0 Å². The van der Waals surface area contributed by atoms with Crippen LogP contribution in [0, 0.1) is 5.82 Å². The second-order valence-electron chi connectivity index (χ2n) is 10.8. The van der Waals surface area contributed by atoms with Crippen LogP contribution >= 0.6 is 11.6 Å². The molecule has 2 saturated heterocycles. The molecule has 4 heterocycles. The lowest BCUT2D eigenvalue weighted by atomic mass is 9.98. The maximum atomic E-state index is 14.9. The van der Waals surface area contributed by atoms with Gasteiger partial charge >= 0.3 is 6.18 Å². The van der Waals surface area contributed by atoms with E-state index in [1.165, 1.54) is 18.0 Å². The second-order valence-corrected chi connectivity index (χ2v) is 11.1. The lowest BCUT2D eigenvalue weighted by Gasteiger charge is -2.36. The smallest absolute Gasteiger partial charge is 0.401 e. The van der Waals surface area contributed by atoms with Crippen molar-refractivity contribution in [2.75, 3.05) is 51.3 Å². The molecule has 0 aliphatic carbocycles. The van der Waals surface area contributed by atoms with E-state index in [0.29, 0.717) is 26.1 Å². The van der Waals surface area contributed by atoms with Crippen LogP contribution in [0.2, 0.25) is 5.02 Å². The highest BCUT2D eigenvalue weighted by Crippen LogP contribution is 2.47. The maximum Gasteiger partial charge on any atom is 0.401 e. The predicted octanol–water partition coefficient (Wildman–Crippen LogP) is 4.20. The molecule has 1 N–H and O–H groups in total. The van der Waals surface area contributed by atoms with Crippen LogP contribution in [0.25, 0.3) is 11.3 Å². The van der Waals surface area contributed by atoms with E-state index in [9.17, 15) is 22.4 Å². The summed E-state index contributed by atoms with van der Waals surface area (Å²) in [5.41, 5.74) is -0.246. The monoisotopic (exact) mass is 555 g/mol. The first-order valence-electron chi connectivity index (χ1n) is 12.5. The standard InChI is InChI=1S/C26H30ClF4N5O2/c1-25(2)10-15(34(3)14-26(29,30)31)12-36(25)23-19-22(38-13-16-11-32-8-9-35(16)24(19)37)20(27)21(33-23)17-6-4-5-7-18(17)28/h4-7,15-16,32H,8-14H2,1-3H3/t15?,16-/m1/s1. The topological polar surface area (TPSA) is 60.9 Å². The van der Waals surface area contributed by atoms with E-state index >= 15 is 0 Å². The minimum absolute atomic E-state index is 0.0257. The summed E-state index contributed by atoms with van der Waals surface area (Å²) >= 11 is 6.78. The molecule has 0 saturated carbocycles. The Labute approximate surface area is 223 Å². The first-order chi connectivity index (χ1) is 17.9. The molecule has 2 fully saturated rings. The van der Waals surface area contributed by atoms with Gasteiger partial charge in [0.1, 0.15) is 28.8 Å². The Bertz CT molecular complexity index is 1240. The molecule has 206 valence electrons. The number of benzene rings is 1. The summed E-state index contributed by atoms with van der Waals surface area (Å²) in [4.78, 5) is 23.6. The molecule has 0 spiro atoms. The highest BCUT2D eigenvalue weighted by atomic mass is 35.5. The molecular formula is C26H30ClF4N5O2. The number of anilines is 1. The molecular weight excluding hydrogens is 526 g/mol. The highest BCUT2D eigenvalue weighted by molar-refractivity contribution is 6.35. The average Bonchev–Trinajstić information content (AvgIpc) is 3.08. The zero-order valence-corrected chi connectivity index (χ0v) is 22.2. The lowest BCUT2D eigenvalue weighted by Crippen LogP contribution is -2.55. The number of hydrogen-bond acceptors (Lipinski definition) is 6. The van der Waals surface area contributed by atoms with Gasteiger partial charge in [0, 0.05) is 43.3 Å². The summed E-state index contributed by atoms with van der Waals surface area (Å²) in [6, 6.07) is 5.35. The highest BCUT2D eigenvalue weighted by Gasteiger charge is 2.46. The number of carbonyl (C=O) groups is 1. The number of halogens is 5. The van der Waals surface area contributed by atoms with Gasteiger partial charge in [0.25, 0.3) is 5.91 Å². The maximum absolute atomic E-state index is 14.9. The first kappa shape index (κ1) is 27.0. The van der Waals surface area contributed by atoms with Gasteiger partial charge < -0.3 is 19.9 Å². The third-order valence-corrected chi connectivity index (χ3v) is 7.97. The third kappa shape index (κ3) is 4.91. The largest absolute Gasteiger partial charge is 0.489 e. The Hall–Kier alpha value is -2.63. The van der Waals surface area contributed by atoms with Gasteiger partial charge in [-0.2, -0.15) is 13.2 Å². The number of amides is 1. The zero-order chi connectivity index (χ0) is 27.4. The van der Waals surface area contributed by atoms with Gasteiger partial charge in [-0.25, -0.2) is 9.37 Å². The molecule has 3 aliphatic rings. The van der Waals surface area contributed by atoms with Crippen LogP contribution in [0.4, 0.5) is 23.4 Å². The minimum atomic E-state index is -4.35. The molecule has 1 aromatic carbocycles. The van der Waals surface area contributed by atoms with E-state index in [-0.39, 0.29) is 58.5 Å². The van der Waals surface area contributed by atoms with Crippen LogP contribution in [-0.4, -0.2) is 90.9 Å². The lowest BCUT2D eigenvalue weighted by molar-refractivity contribution is -0.146. The number of nitrogens with one attached hydrogen (secondary N) is 1. The minimum Gasteiger partial charge on any atom is -0.489 e. The van der Waals surface area contributed by atoms with E-state index < -0.39 is 30.1 Å². The number of carbonyl (C=O) groups excluding carboxylic acids is 1. The van der Waals surface area contributed by atoms with Crippen LogP contribution in [0.5, 0.6) is 5.75 Å². The van der Waals surface area contributed by atoms with E-state index in [2.05, 4.69) is 5.32 Å². The number of likely N-dealkylation sites (N-methyl/N-ethyl adjacent to an activating group) is 1. The summed E-state index contributed by atoms with van der Waals surface area (Å²) in [5, 5.41) is 3.28. The molecule has 3 aliphatic heterocycles.